The Labute approximate surface area is 233 Å². The fraction of sp³-hybridized carbons (Fsp3) is 0.966. The summed E-state index contributed by atoms with van der Waals surface area (Å²) in [6.45, 7) is 4.31. The molecule has 2 rings (SSSR count). The SMILES string of the molecule is CCCCCCCCCCCCCCCCCC[N+](C)(C)CCC[Si]12OCC(O)C(O1)C(O)C(C(=O)O)O2. The van der Waals surface area contributed by atoms with E-state index >= 15 is 0 Å². The van der Waals surface area contributed by atoms with Gasteiger partial charge in [0.1, 0.15) is 18.3 Å². The quantitative estimate of drug-likeness (QED) is 0.0940. The number of carboxylic acid groups (broad SMARTS) is 1. The number of unbranched alkanes of at least 4 members (excludes halogenated alkanes) is 15. The van der Waals surface area contributed by atoms with Gasteiger partial charge in [-0.1, -0.05) is 96.8 Å². The van der Waals surface area contributed by atoms with Crippen molar-refractivity contribution in [3.8, 4) is 0 Å². The molecule has 5 atom stereocenters. The molecule has 2 heterocycles. The van der Waals surface area contributed by atoms with Gasteiger partial charge in [-0.25, -0.2) is 4.79 Å². The lowest BCUT2D eigenvalue weighted by atomic mass is 10.0. The van der Waals surface area contributed by atoms with Crippen LogP contribution in [0.2, 0.25) is 6.04 Å². The molecule has 2 saturated heterocycles. The van der Waals surface area contributed by atoms with Crippen LogP contribution in [-0.2, 0) is 18.1 Å². The third kappa shape index (κ3) is 12.3. The number of aliphatic carboxylic acids is 1. The molecule has 38 heavy (non-hydrogen) atoms. The van der Waals surface area contributed by atoms with Crippen LogP contribution in [0.5, 0.6) is 0 Å². The van der Waals surface area contributed by atoms with Crippen molar-refractivity contribution in [1.82, 2.24) is 0 Å². The highest BCUT2D eigenvalue weighted by Gasteiger charge is 2.59. The highest BCUT2D eigenvalue weighted by atomic mass is 28.4. The summed E-state index contributed by atoms with van der Waals surface area (Å²) in [4.78, 5) is 11.5. The number of quaternary nitrogens is 1. The molecule has 2 bridgehead atoms. The molecular weight excluding hydrogens is 502 g/mol. The number of carboxylic acids is 1. The molecule has 0 aliphatic carbocycles. The van der Waals surface area contributed by atoms with Gasteiger partial charge in [-0.15, -0.1) is 0 Å². The highest BCUT2D eigenvalue weighted by molar-refractivity contribution is 6.61. The van der Waals surface area contributed by atoms with Gasteiger partial charge in [0, 0.05) is 12.5 Å². The molecule has 0 saturated carbocycles. The van der Waals surface area contributed by atoms with E-state index in [0.717, 1.165) is 24.0 Å². The number of hydrogen-bond acceptors (Lipinski definition) is 6. The summed E-state index contributed by atoms with van der Waals surface area (Å²) in [7, 11) is 1.23. The van der Waals surface area contributed by atoms with Crippen molar-refractivity contribution >= 4 is 14.8 Å². The predicted octanol–water partition coefficient (Wildman–Crippen LogP) is 5.27. The Kier molecular flexibility index (Phi) is 15.9. The van der Waals surface area contributed by atoms with Crippen molar-refractivity contribution in [2.45, 2.75) is 147 Å². The Hall–Kier alpha value is -0.553. The fourth-order valence-electron chi connectivity index (χ4n) is 5.73. The number of rotatable bonds is 22. The van der Waals surface area contributed by atoms with E-state index in [9.17, 15) is 20.1 Å². The monoisotopic (exact) mass is 560 g/mol. The van der Waals surface area contributed by atoms with Crippen molar-refractivity contribution in [2.75, 3.05) is 33.8 Å². The minimum Gasteiger partial charge on any atom is -0.479 e. The van der Waals surface area contributed by atoms with E-state index in [1.807, 2.05) is 0 Å². The Morgan fingerprint density at radius 2 is 1.24 bits per heavy atom. The van der Waals surface area contributed by atoms with Crippen molar-refractivity contribution < 1.29 is 37.9 Å². The molecule has 0 aromatic rings. The van der Waals surface area contributed by atoms with Crippen molar-refractivity contribution in [3.05, 3.63) is 0 Å². The predicted molar refractivity (Wildman–Crippen MR) is 152 cm³/mol. The Morgan fingerprint density at radius 1 is 0.763 bits per heavy atom. The first kappa shape index (κ1) is 33.7. The zero-order chi connectivity index (χ0) is 27.9. The van der Waals surface area contributed by atoms with Crippen molar-refractivity contribution in [1.29, 1.82) is 0 Å². The second-order valence-electron chi connectivity index (χ2n) is 12.3. The van der Waals surface area contributed by atoms with Gasteiger partial charge in [0.2, 0.25) is 0 Å². The fourth-order valence-corrected chi connectivity index (χ4v) is 8.66. The molecule has 0 spiro atoms. The third-order valence-electron chi connectivity index (χ3n) is 8.23. The third-order valence-corrected chi connectivity index (χ3v) is 11.0. The summed E-state index contributed by atoms with van der Waals surface area (Å²) >= 11 is 0. The Balaban J connectivity index is 1.48. The van der Waals surface area contributed by atoms with Crippen LogP contribution in [0.1, 0.15) is 116 Å². The summed E-state index contributed by atoms with van der Waals surface area (Å²) in [6.07, 6.45) is 17.9. The van der Waals surface area contributed by atoms with E-state index < -0.39 is 39.2 Å². The van der Waals surface area contributed by atoms with Crippen LogP contribution in [0.3, 0.4) is 0 Å². The number of aliphatic hydroxyl groups excluding tert-OH is 2. The summed E-state index contributed by atoms with van der Waals surface area (Å²) in [5.41, 5.74) is 0. The van der Waals surface area contributed by atoms with Crippen LogP contribution in [0.4, 0.5) is 0 Å². The van der Waals surface area contributed by atoms with Gasteiger partial charge in [0.05, 0.1) is 33.8 Å². The molecule has 8 nitrogen and oxygen atoms in total. The zero-order valence-corrected chi connectivity index (χ0v) is 25.6. The minimum absolute atomic E-state index is 0.0116. The van der Waals surface area contributed by atoms with E-state index in [2.05, 4.69) is 21.0 Å². The molecule has 5 unspecified atom stereocenters. The number of nitrogens with zero attached hydrogens (tertiary/aromatic N) is 1. The number of carbonyl (C=O) groups is 1. The van der Waals surface area contributed by atoms with E-state index in [-0.39, 0.29) is 6.61 Å². The first-order valence-corrected chi connectivity index (χ1v) is 17.5. The molecule has 2 aliphatic rings. The Morgan fingerprint density at radius 3 is 1.74 bits per heavy atom. The van der Waals surface area contributed by atoms with Gasteiger partial charge in [0.15, 0.2) is 6.10 Å². The number of aliphatic hydroxyl groups is 2. The van der Waals surface area contributed by atoms with Gasteiger partial charge in [-0.3, -0.25) is 0 Å². The number of fused-ring (bicyclic) bond motifs is 2. The summed E-state index contributed by atoms with van der Waals surface area (Å²) in [5.74, 6) is -1.25. The van der Waals surface area contributed by atoms with Crippen molar-refractivity contribution in [2.24, 2.45) is 0 Å². The molecule has 2 fully saturated rings. The van der Waals surface area contributed by atoms with Gasteiger partial charge in [-0.2, -0.15) is 0 Å². The van der Waals surface area contributed by atoms with Gasteiger partial charge >= 0.3 is 14.8 Å². The molecule has 0 amide bonds. The van der Waals surface area contributed by atoms with E-state index in [4.69, 9.17) is 13.3 Å². The first-order chi connectivity index (χ1) is 18.2. The van der Waals surface area contributed by atoms with Crippen LogP contribution in [-0.4, -0.2) is 92.8 Å². The lowest BCUT2D eigenvalue weighted by molar-refractivity contribution is -0.890. The maximum Gasteiger partial charge on any atom is 0.502 e. The van der Waals surface area contributed by atoms with Gasteiger partial charge in [-0.05, 0) is 12.8 Å². The molecule has 2 aliphatic heterocycles. The van der Waals surface area contributed by atoms with Crippen LogP contribution in [0.15, 0.2) is 0 Å². The molecule has 0 radical (unpaired) electrons. The summed E-state index contributed by atoms with van der Waals surface area (Å²) < 4.78 is 18.2. The Bertz CT molecular complexity index is 652. The molecule has 3 N–H and O–H groups in total. The maximum atomic E-state index is 11.5. The zero-order valence-electron chi connectivity index (χ0n) is 24.6. The highest BCUT2D eigenvalue weighted by Crippen LogP contribution is 2.35. The van der Waals surface area contributed by atoms with Crippen LogP contribution >= 0.6 is 0 Å². The van der Waals surface area contributed by atoms with Crippen LogP contribution < -0.4 is 0 Å². The van der Waals surface area contributed by atoms with Gasteiger partial charge in [0.25, 0.3) is 0 Å². The second kappa shape index (κ2) is 18.0. The average molecular weight is 561 g/mol. The lowest BCUT2D eigenvalue weighted by Gasteiger charge is -2.48. The first-order valence-electron chi connectivity index (χ1n) is 15.6. The van der Waals surface area contributed by atoms with E-state index in [1.165, 1.54) is 103 Å². The van der Waals surface area contributed by atoms with Crippen molar-refractivity contribution in [3.63, 3.8) is 0 Å². The molecule has 224 valence electrons. The standard InChI is InChI=1S/C29H57NO7Si/c1-4-5-6-7-8-9-10-11-12-13-14-15-16-17-18-19-21-30(2,3)22-20-23-38-35-24-25(31)27(36-38)26(32)28(37-38)29(33)34/h25-28,31-32H,4-24H2,1-3H3/p+1. The van der Waals surface area contributed by atoms with Crippen LogP contribution in [0, 0.1) is 0 Å². The number of hydrogen-bond donors (Lipinski definition) is 3. The average Bonchev–Trinajstić information content (AvgIpc) is 2.87. The molecule has 0 aromatic carbocycles. The topological polar surface area (TPSA) is 105 Å². The molecular formula is C29H58NO7Si+. The normalized spacial score (nSPS) is 27.5. The lowest BCUT2D eigenvalue weighted by Crippen LogP contribution is -2.70. The smallest absolute Gasteiger partial charge is 0.479 e. The minimum atomic E-state index is -3.23. The molecule has 9 heteroatoms. The summed E-state index contributed by atoms with van der Waals surface area (Å²) in [6, 6.07) is 0.493. The largest absolute Gasteiger partial charge is 0.502 e. The summed E-state index contributed by atoms with van der Waals surface area (Å²) in [5, 5.41) is 29.8. The maximum absolute atomic E-state index is 11.5. The van der Waals surface area contributed by atoms with E-state index in [1.54, 1.807) is 0 Å². The van der Waals surface area contributed by atoms with E-state index in [0.29, 0.717) is 6.04 Å². The van der Waals surface area contributed by atoms with Crippen LogP contribution in [0.25, 0.3) is 0 Å². The van der Waals surface area contributed by atoms with Gasteiger partial charge < -0.3 is 33.1 Å². The second-order valence-corrected chi connectivity index (χ2v) is 14.9. The molecule has 0 aromatic heterocycles.